The average molecular weight is 220 g/mol. The van der Waals surface area contributed by atoms with Gasteiger partial charge in [0.15, 0.2) is 0 Å². The van der Waals surface area contributed by atoms with Crippen molar-refractivity contribution >= 4 is 16.8 Å². The van der Waals surface area contributed by atoms with E-state index in [1.807, 2.05) is 0 Å². The molecule has 0 aliphatic rings. The molecule has 0 aromatic carbocycles. The van der Waals surface area contributed by atoms with Gasteiger partial charge in [-0.3, -0.25) is 9.00 Å². The fourth-order valence-corrected chi connectivity index (χ4v) is 2.08. The maximum Gasteiger partial charge on any atom is 0.318 e. The number of hydrogen-bond donors (Lipinski definition) is 0. The molecular formula is C10H20O3S. The molecule has 0 fully saturated rings. The average Bonchev–Trinajstić information content (AvgIpc) is 1.98. The Morgan fingerprint density at radius 2 is 1.86 bits per heavy atom. The Labute approximate surface area is 88.7 Å². The van der Waals surface area contributed by atoms with Crippen LogP contribution in [0.25, 0.3) is 0 Å². The van der Waals surface area contributed by atoms with Gasteiger partial charge in [-0.2, -0.15) is 0 Å². The first-order chi connectivity index (χ1) is 6.41. The first kappa shape index (κ1) is 13.6. The SMILES string of the molecule is CC(C)CCS(=O)CC(=O)OC(C)C. The summed E-state index contributed by atoms with van der Waals surface area (Å²) < 4.78 is 16.2. The molecule has 4 heteroatoms. The van der Waals surface area contributed by atoms with Gasteiger partial charge in [-0.1, -0.05) is 13.8 Å². The van der Waals surface area contributed by atoms with E-state index in [4.69, 9.17) is 4.74 Å². The lowest BCUT2D eigenvalue weighted by Crippen LogP contribution is -2.19. The molecule has 0 heterocycles. The molecule has 1 atom stereocenters. The number of esters is 1. The van der Waals surface area contributed by atoms with Crippen LogP contribution in [0.1, 0.15) is 34.1 Å². The second-order valence-corrected chi connectivity index (χ2v) is 5.59. The van der Waals surface area contributed by atoms with Gasteiger partial charge in [-0.05, 0) is 26.2 Å². The first-order valence-electron chi connectivity index (χ1n) is 4.96. The third-order valence-electron chi connectivity index (χ3n) is 1.57. The highest BCUT2D eigenvalue weighted by Gasteiger charge is 2.10. The largest absolute Gasteiger partial charge is 0.462 e. The standard InChI is InChI=1S/C10H20O3S/c1-8(2)5-6-14(12)7-10(11)13-9(3)4/h8-9H,5-7H2,1-4H3. The zero-order valence-electron chi connectivity index (χ0n) is 9.41. The van der Waals surface area contributed by atoms with E-state index < -0.39 is 10.8 Å². The summed E-state index contributed by atoms with van der Waals surface area (Å²) in [5.41, 5.74) is 0. The third kappa shape index (κ3) is 8.23. The van der Waals surface area contributed by atoms with Crippen LogP contribution < -0.4 is 0 Å². The number of rotatable bonds is 6. The Morgan fingerprint density at radius 1 is 1.29 bits per heavy atom. The van der Waals surface area contributed by atoms with Gasteiger partial charge in [0.05, 0.1) is 6.10 Å². The minimum absolute atomic E-state index is 0.0326. The van der Waals surface area contributed by atoms with Gasteiger partial charge in [-0.15, -0.1) is 0 Å². The Hall–Kier alpha value is -0.380. The lowest BCUT2D eigenvalue weighted by molar-refractivity contribution is -0.144. The fraction of sp³-hybridized carbons (Fsp3) is 0.900. The minimum Gasteiger partial charge on any atom is -0.462 e. The maximum absolute atomic E-state index is 11.3. The molecule has 0 rings (SSSR count). The van der Waals surface area contributed by atoms with Gasteiger partial charge < -0.3 is 4.74 Å². The molecule has 0 aliphatic carbocycles. The molecule has 0 aliphatic heterocycles. The van der Waals surface area contributed by atoms with Crippen molar-refractivity contribution < 1.29 is 13.7 Å². The van der Waals surface area contributed by atoms with E-state index in [2.05, 4.69) is 13.8 Å². The second-order valence-electron chi connectivity index (χ2n) is 4.01. The highest BCUT2D eigenvalue weighted by molar-refractivity contribution is 7.85. The number of hydrogen-bond acceptors (Lipinski definition) is 3. The van der Waals surface area contributed by atoms with Gasteiger partial charge in [0.25, 0.3) is 0 Å². The smallest absolute Gasteiger partial charge is 0.318 e. The molecule has 84 valence electrons. The zero-order chi connectivity index (χ0) is 11.1. The summed E-state index contributed by atoms with van der Waals surface area (Å²) in [7, 11) is -1.06. The maximum atomic E-state index is 11.3. The van der Waals surface area contributed by atoms with Crippen LogP contribution in [0, 0.1) is 5.92 Å². The van der Waals surface area contributed by atoms with Crippen LogP contribution in [0.2, 0.25) is 0 Å². The molecule has 0 saturated heterocycles. The predicted molar refractivity (Wildman–Crippen MR) is 58.6 cm³/mol. The molecule has 0 aromatic rings. The highest BCUT2D eigenvalue weighted by atomic mass is 32.2. The van der Waals surface area contributed by atoms with Gasteiger partial charge in [-0.25, -0.2) is 0 Å². The Bertz CT molecular complexity index is 200. The van der Waals surface area contributed by atoms with Crippen LogP contribution in [0.4, 0.5) is 0 Å². The summed E-state index contributed by atoms with van der Waals surface area (Å²) in [4.78, 5) is 11.1. The number of carbonyl (C=O) groups is 1. The summed E-state index contributed by atoms with van der Waals surface area (Å²) >= 11 is 0. The molecule has 0 aromatic heterocycles. The van der Waals surface area contributed by atoms with Gasteiger partial charge in [0, 0.05) is 16.6 Å². The molecule has 14 heavy (non-hydrogen) atoms. The minimum atomic E-state index is -1.06. The molecule has 0 N–H and O–H groups in total. The van der Waals surface area contributed by atoms with Crippen molar-refractivity contribution in [3.63, 3.8) is 0 Å². The van der Waals surface area contributed by atoms with E-state index in [-0.39, 0.29) is 17.8 Å². The summed E-state index contributed by atoms with van der Waals surface area (Å²) in [6.45, 7) is 7.72. The van der Waals surface area contributed by atoms with E-state index in [1.54, 1.807) is 13.8 Å². The summed E-state index contributed by atoms with van der Waals surface area (Å²) in [6, 6.07) is 0. The van der Waals surface area contributed by atoms with Gasteiger partial charge in [0.2, 0.25) is 0 Å². The lowest BCUT2D eigenvalue weighted by Gasteiger charge is -2.08. The second kappa shape index (κ2) is 6.98. The Kier molecular flexibility index (Phi) is 6.79. The van der Waals surface area contributed by atoms with E-state index in [0.29, 0.717) is 11.7 Å². The topological polar surface area (TPSA) is 43.4 Å². The van der Waals surface area contributed by atoms with E-state index in [1.165, 1.54) is 0 Å². The van der Waals surface area contributed by atoms with Crippen molar-refractivity contribution in [3.05, 3.63) is 0 Å². The monoisotopic (exact) mass is 220 g/mol. The molecular weight excluding hydrogens is 200 g/mol. The summed E-state index contributed by atoms with van der Waals surface area (Å²) in [5, 5.41) is 0. The van der Waals surface area contributed by atoms with Crippen molar-refractivity contribution in [2.24, 2.45) is 5.92 Å². The van der Waals surface area contributed by atoms with Crippen LogP contribution in [0.3, 0.4) is 0 Å². The molecule has 0 spiro atoms. The van der Waals surface area contributed by atoms with Crippen molar-refractivity contribution in [1.29, 1.82) is 0 Å². The first-order valence-corrected chi connectivity index (χ1v) is 6.45. The van der Waals surface area contributed by atoms with Gasteiger partial charge >= 0.3 is 5.97 Å². The van der Waals surface area contributed by atoms with Crippen molar-refractivity contribution in [3.8, 4) is 0 Å². The number of ether oxygens (including phenoxy) is 1. The van der Waals surface area contributed by atoms with E-state index in [0.717, 1.165) is 6.42 Å². The van der Waals surface area contributed by atoms with Crippen LogP contribution in [0.5, 0.6) is 0 Å². The molecule has 0 radical (unpaired) electrons. The summed E-state index contributed by atoms with van der Waals surface area (Å²) in [5.74, 6) is 0.789. The molecule has 3 nitrogen and oxygen atoms in total. The normalized spacial score (nSPS) is 13.3. The number of carbonyl (C=O) groups excluding carboxylic acids is 1. The van der Waals surface area contributed by atoms with Crippen LogP contribution in [-0.4, -0.2) is 27.8 Å². The summed E-state index contributed by atoms with van der Waals surface area (Å²) in [6.07, 6.45) is 0.770. The van der Waals surface area contributed by atoms with Crippen LogP contribution >= 0.6 is 0 Å². The molecule has 0 saturated carbocycles. The van der Waals surface area contributed by atoms with Crippen LogP contribution in [0.15, 0.2) is 0 Å². The van der Waals surface area contributed by atoms with Crippen molar-refractivity contribution in [2.45, 2.75) is 40.2 Å². The Balaban J connectivity index is 3.66. The molecule has 1 unspecified atom stereocenters. The Morgan fingerprint density at radius 3 is 2.29 bits per heavy atom. The van der Waals surface area contributed by atoms with Crippen molar-refractivity contribution in [2.75, 3.05) is 11.5 Å². The predicted octanol–water partition coefficient (Wildman–Crippen LogP) is 1.73. The quantitative estimate of drug-likeness (QED) is 0.640. The highest BCUT2D eigenvalue weighted by Crippen LogP contribution is 2.01. The molecule has 0 bridgehead atoms. The lowest BCUT2D eigenvalue weighted by atomic mass is 10.2. The van der Waals surface area contributed by atoms with E-state index >= 15 is 0 Å². The third-order valence-corrected chi connectivity index (χ3v) is 2.82. The fourth-order valence-electron chi connectivity index (χ4n) is 0.868. The molecule has 0 amide bonds. The van der Waals surface area contributed by atoms with Crippen molar-refractivity contribution in [1.82, 2.24) is 0 Å². The van der Waals surface area contributed by atoms with Crippen LogP contribution in [-0.2, 0) is 20.3 Å². The van der Waals surface area contributed by atoms with E-state index in [9.17, 15) is 9.00 Å². The van der Waals surface area contributed by atoms with Gasteiger partial charge in [0.1, 0.15) is 5.75 Å². The zero-order valence-corrected chi connectivity index (χ0v) is 10.2.